The van der Waals surface area contributed by atoms with Crippen LogP contribution < -0.4 is 15.5 Å². The van der Waals surface area contributed by atoms with Gasteiger partial charge >= 0.3 is 0 Å². The van der Waals surface area contributed by atoms with Crippen molar-refractivity contribution in [2.75, 3.05) is 0 Å². The Bertz CT molecular complexity index is 1090. The predicted octanol–water partition coefficient (Wildman–Crippen LogP) is 5.00. The Kier molecular flexibility index (Phi) is 10.1. The molecule has 2 aromatic carbocycles. The van der Waals surface area contributed by atoms with Crippen LogP contribution in [0.1, 0.15) is 32.8 Å². The van der Waals surface area contributed by atoms with Crippen molar-refractivity contribution in [3.8, 4) is 5.75 Å². The molecule has 2 rings (SSSR count). The van der Waals surface area contributed by atoms with E-state index in [1.54, 1.807) is 12.1 Å². The molecule has 9 nitrogen and oxygen atoms in total. The van der Waals surface area contributed by atoms with Gasteiger partial charge in [0.1, 0.15) is 16.8 Å². The molecule has 0 aliphatic heterocycles. The molecular formula is C22H23Cl3N4O5. The Morgan fingerprint density at radius 1 is 1.09 bits per heavy atom. The Hall–Kier alpha value is -2.88. The fourth-order valence-corrected chi connectivity index (χ4v) is 3.44. The highest BCUT2D eigenvalue weighted by Crippen LogP contribution is 2.28. The van der Waals surface area contributed by atoms with Gasteiger partial charge in [0.2, 0.25) is 0 Å². The van der Waals surface area contributed by atoms with Gasteiger partial charge in [-0.2, -0.15) is 5.10 Å². The van der Waals surface area contributed by atoms with Crippen LogP contribution in [-0.4, -0.2) is 35.1 Å². The molecule has 2 N–H and O–H groups in total. The molecule has 2 aromatic rings. The lowest BCUT2D eigenvalue weighted by atomic mass is 10.0. The summed E-state index contributed by atoms with van der Waals surface area (Å²) in [5.74, 6) is -0.719. The highest BCUT2D eigenvalue weighted by molar-refractivity contribution is 6.35. The molecule has 0 fully saturated rings. The van der Waals surface area contributed by atoms with Crippen LogP contribution in [0.25, 0.3) is 0 Å². The summed E-state index contributed by atoms with van der Waals surface area (Å²) in [6.45, 7) is 5.32. The first-order chi connectivity index (χ1) is 16.0. The molecule has 0 radical (unpaired) electrons. The molecule has 0 spiro atoms. The summed E-state index contributed by atoms with van der Waals surface area (Å²) in [6, 6.07) is 7.82. The topological polar surface area (TPSA) is 123 Å². The normalized spacial score (nSPS) is 12.9. The van der Waals surface area contributed by atoms with Gasteiger partial charge in [-0.3, -0.25) is 19.7 Å². The summed E-state index contributed by atoms with van der Waals surface area (Å²) in [6.07, 6.45) is 0.636. The summed E-state index contributed by atoms with van der Waals surface area (Å²) in [4.78, 5) is 35.7. The van der Waals surface area contributed by atoms with Gasteiger partial charge in [-0.1, -0.05) is 54.7 Å². The van der Waals surface area contributed by atoms with E-state index in [2.05, 4.69) is 15.8 Å². The van der Waals surface area contributed by atoms with E-state index in [-0.39, 0.29) is 27.4 Å². The molecule has 12 heteroatoms. The van der Waals surface area contributed by atoms with Crippen LogP contribution in [-0.2, 0) is 9.59 Å². The first-order valence-corrected chi connectivity index (χ1v) is 11.3. The van der Waals surface area contributed by atoms with E-state index in [9.17, 15) is 19.7 Å². The van der Waals surface area contributed by atoms with E-state index in [1.807, 2.05) is 13.8 Å². The second kappa shape index (κ2) is 12.5. The maximum atomic E-state index is 12.7. The van der Waals surface area contributed by atoms with Crippen molar-refractivity contribution in [2.45, 2.75) is 39.3 Å². The van der Waals surface area contributed by atoms with E-state index < -0.39 is 28.9 Å². The molecule has 0 aliphatic rings. The minimum Gasteiger partial charge on any atom is -0.479 e. The lowest BCUT2D eigenvalue weighted by Crippen LogP contribution is -2.49. The molecule has 182 valence electrons. The van der Waals surface area contributed by atoms with E-state index in [0.29, 0.717) is 17.0 Å². The number of nitro groups is 1. The van der Waals surface area contributed by atoms with Gasteiger partial charge in [-0.15, -0.1) is 0 Å². The molecule has 0 saturated heterocycles. The molecule has 0 aromatic heterocycles. The second-order valence-electron chi connectivity index (χ2n) is 7.73. The zero-order valence-corrected chi connectivity index (χ0v) is 20.8. The van der Waals surface area contributed by atoms with Crippen LogP contribution in [0.3, 0.4) is 0 Å². The van der Waals surface area contributed by atoms with Gasteiger partial charge < -0.3 is 10.1 Å². The number of carbonyl (C=O) groups is 2. The van der Waals surface area contributed by atoms with Gasteiger partial charge in [0, 0.05) is 16.7 Å². The molecular weight excluding hydrogens is 507 g/mol. The van der Waals surface area contributed by atoms with Crippen molar-refractivity contribution in [3.63, 3.8) is 0 Å². The van der Waals surface area contributed by atoms with Crippen LogP contribution in [0.2, 0.25) is 15.1 Å². The summed E-state index contributed by atoms with van der Waals surface area (Å²) >= 11 is 17.7. The third-order valence-electron chi connectivity index (χ3n) is 4.46. The average Bonchev–Trinajstić information content (AvgIpc) is 2.75. The van der Waals surface area contributed by atoms with E-state index in [1.165, 1.54) is 37.4 Å². The zero-order valence-electron chi connectivity index (χ0n) is 18.6. The molecule has 2 amide bonds. The SMILES string of the molecule is CC(C)C[C@H](NC(=O)[C@@H](C)Oc1ccc(Cl)cc1Cl)C(=O)N/N=C\c1ccc(Cl)c([N+](=O)[O-])c1. The smallest absolute Gasteiger partial charge is 0.288 e. The fraction of sp³-hybridized carbons (Fsp3) is 0.318. The van der Waals surface area contributed by atoms with Crippen molar-refractivity contribution in [1.29, 1.82) is 0 Å². The number of halogens is 3. The third kappa shape index (κ3) is 8.16. The molecule has 34 heavy (non-hydrogen) atoms. The predicted molar refractivity (Wildman–Crippen MR) is 132 cm³/mol. The van der Waals surface area contributed by atoms with Crippen LogP contribution in [0.5, 0.6) is 5.75 Å². The van der Waals surface area contributed by atoms with E-state index in [0.717, 1.165) is 0 Å². The van der Waals surface area contributed by atoms with Gasteiger partial charge in [-0.25, -0.2) is 5.43 Å². The monoisotopic (exact) mass is 528 g/mol. The Morgan fingerprint density at radius 2 is 1.79 bits per heavy atom. The number of ether oxygens (including phenoxy) is 1. The Labute approximate surface area is 211 Å². The number of hydrogen-bond donors (Lipinski definition) is 2. The number of amides is 2. The maximum absolute atomic E-state index is 12.7. The van der Waals surface area contributed by atoms with Gasteiger partial charge in [-0.05, 0) is 43.5 Å². The average molecular weight is 530 g/mol. The molecule has 0 bridgehead atoms. The minimum absolute atomic E-state index is 0.0119. The zero-order chi connectivity index (χ0) is 25.4. The largest absolute Gasteiger partial charge is 0.479 e. The Balaban J connectivity index is 2.04. The quantitative estimate of drug-likeness (QED) is 0.255. The van der Waals surface area contributed by atoms with Crippen molar-refractivity contribution < 1.29 is 19.2 Å². The second-order valence-corrected chi connectivity index (χ2v) is 8.98. The lowest BCUT2D eigenvalue weighted by Gasteiger charge is -2.22. The Morgan fingerprint density at radius 3 is 2.41 bits per heavy atom. The summed E-state index contributed by atoms with van der Waals surface area (Å²) in [5, 5.41) is 18.2. The van der Waals surface area contributed by atoms with E-state index in [4.69, 9.17) is 39.5 Å². The molecule has 0 saturated carbocycles. The third-order valence-corrected chi connectivity index (χ3v) is 5.31. The van der Waals surface area contributed by atoms with E-state index >= 15 is 0 Å². The number of nitro benzene ring substituents is 1. The van der Waals surface area contributed by atoms with Crippen LogP contribution >= 0.6 is 34.8 Å². The number of hydrogen-bond acceptors (Lipinski definition) is 6. The number of benzene rings is 2. The lowest BCUT2D eigenvalue weighted by molar-refractivity contribution is -0.384. The molecule has 0 heterocycles. The minimum atomic E-state index is -0.945. The summed E-state index contributed by atoms with van der Waals surface area (Å²) < 4.78 is 5.60. The van der Waals surface area contributed by atoms with Gasteiger partial charge in [0.15, 0.2) is 6.10 Å². The number of nitrogens with zero attached hydrogens (tertiary/aromatic N) is 2. The summed E-state index contributed by atoms with van der Waals surface area (Å²) in [7, 11) is 0. The highest BCUT2D eigenvalue weighted by atomic mass is 35.5. The van der Waals surface area contributed by atoms with Crippen molar-refractivity contribution in [2.24, 2.45) is 11.0 Å². The number of hydrazone groups is 1. The standard InChI is InChI=1S/C22H23Cl3N4O5/c1-12(2)8-18(27-21(30)13(3)34-20-7-5-15(23)10-17(20)25)22(31)28-26-11-14-4-6-16(24)19(9-14)29(32)33/h4-7,9-13,18H,8H2,1-3H3,(H,27,30)(H,28,31)/b26-11-/t13-,18+/m1/s1. The van der Waals surface area contributed by atoms with Crippen LogP contribution in [0.15, 0.2) is 41.5 Å². The van der Waals surface area contributed by atoms with Crippen molar-refractivity contribution in [3.05, 3.63) is 67.1 Å². The first-order valence-electron chi connectivity index (χ1n) is 10.2. The van der Waals surface area contributed by atoms with Crippen molar-refractivity contribution in [1.82, 2.24) is 10.7 Å². The fourth-order valence-electron chi connectivity index (χ4n) is 2.81. The summed E-state index contributed by atoms with van der Waals surface area (Å²) in [5.41, 5.74) is 2.43. The first kappa shape index (κ1) is 27.4. The number of carbonyl (C=O) groups excluding carboxylic acids is 2. The molecule has 0 unspecified atom stereocenters. The van der Waals surface area contributed by atoms with Crippen molar-refractivity contribution >= 4 is 58.5 Å². The molecule has 2 atom stereocenters. The van der Waals surface area contributed by atoms with Crippen LogP contribution in [0, 0.1) is 16.0 Å². The molecule has 0 aliphatic carbocycles. The number of rotatable bonds is 10. The maximum Gasteiger partial charge on any atom is 0.288 e. The van der Waals surface area contributed by atoms with Gasteiger partial charge in [0.05, 0.1) is 16.2 Å². The highest BCUT2D eigenvalue weighted by Gasteiger charge is 2.25. The number of nitrogens with one attached hydrogen (secondary N) is 2. The van der Waals surface area contributed by atoms with Gasteiger partial charge in [0.25, 0.3) is 17.5 Å². The van der Waals surface area contributed by atoms with Crippen LogP contribution in [0.4, 0.5) is 5.69 Å².